The van der Waals surface area contributed by atoms with Crippen LogP contribution in [0.5, 0.6) is 0 Å². The molecule has 0 heterocycles. The summed E-state index contributed by atoms with van der Waals surface area (Å²) in [5.74, 6) is 0.00604. The average Bonchev–Trinajstić information content (AvgIpc) is 2.54. The number of likely N-dealkylation sites (N-methyl/N-ethyl adjacent to an activating group) is 1. The van der Waals surface area contributed by atoms with E-state index in [4.69, 9.17) is 0 Å². The van der Waals surface area contributed by atoms with Gasteiger partial charge in [-0.3, -0.25) is 4.79 Å². The third-order valence-electron chi connectivity index (χ3n) is 3.27. The molecule has 2 rings (SSSR count). The quantitative estimate of drug-likeness (QED) is 0.789. The fourth-order valence-corrected chi connectivity index (χ4v) is 2.91. The lowest BCUT2D eigenvalue weighted by atomic mass is 10.1. The first kappa shape index (κ1) is 17.5. The maximum Gasteiger partial charge on any atom is 0.230 e. The Morgan fingerprint density at radius 1 is 1.13 bits per heavy atom. The first-order valence-corrected chi connectivity index (χ1v) is 8.40. The standard InChI is InChI=1S/C18H21FN2OS/c1-21(2)12-17(14-6-4-3-5-7-14)20-18(22)13-23-16-10-8-15(19)9-11-16/h3-11,17H,12-13H2,1-2H3,(H,20,22)/t17-/m0/s1. The molecule has 0 bridgehead atoms. The molecule has 0 aliphatic carbocycles. The normalized spacial score (nSPS) is 12.2. The molecule has 1 N–H and O–H groups in total. The number of halogens is 1. The molecular weight excluding hydrogens is 311 g/mol. The summed E-state index contributed by atoms with van der Waals surface area (Å²) in [6.07, 6.45) is 0. The molecule has 122 valence electrons. The fraction of sp³-hybridized carbons (Fsp3) is 0.278. The van der Waals surface area contributed by atoms with E-state index < -0.39 is 0 Å². The number of carbonyl (C=O) groups excluding carboxylic acids is 1. The van der Waals surface area contributed by atoms with E-state index in [2.05, 4.69) is 5.32 Å². The molecule has 0 fully saturated rings. The Labute approximate surface area is 140 Å². The highest BCUT2D eigenvalue weighted by atomic mass is 32.2. The van der Waals surface area contributed by atoms with Gasteiger partial charge in [0.2, 0.25) is 5.91 Å². The van der Waals surface area contributed by atoms with Crippen LogP contribution in [0.3, 0.4) is 0 Å². The Morgan fingerprint density at radius 2 is 1.78 bits per heavy atom. The summed E-state index contributed by atoms with van der Waals surface area (Å²) >= 11 is 1.40. The number of benzene rings is 2. The van der Waals surface area contributed by atoms with E-state index in [9.17, 15) is 9.18 Å². The van der Waals surface area contributed by atoms with Crippen molar-refractivity contribution in [2.24, 2.45) is 0 Å². The van der Waals surface area contributed by atoms with Crippen LogP contribution in [0.1, 0.15) is 11.6 Å². The third-order valence-corrected chi connectivity index (χ3v) is 4.28. The summed E-state index contributed by atoms with van der Waals surface area (Å²) in [4.78, 5) is 15.2. The number of nitrogens with zero attached hydrogens (tertiary/aromatic N) is 1. The van der Waals surface area contributed by atoms with Crippen molar-refractivity contribution in [3.63, 3.8) is 0 Å². The van der Waals surface area contributed by atoms with Crippen molar-refractivity contribution in [2.45, 2.75) is 10.9 Å². The van der Waals surface area contributed by atoms with Crippen LogP contribution >= 0.6 is 11.8 Å². The van der Waals surface area contributed by atoms with Crippen LogP contribution < -0.4 is 5.32 Å². The van der Waals surface area contributed by atoms with Crippen LogP contribution in [0.15, 0.2) is 59.5 Å². The summed E-state index contributed by atoms with van der Waals surface area (Å²) in [5, 5.41) is 3.07. The van der Waals surface area contributed by atoms with E-state index >= 15 is 0 Å². The molecule has 0 aromatic heterocycles. The van der Waals surface area contributed by atoms with Gasteiger partial charge in [0.15, 0.2) is 0 Å². The van der Waals surface area contributed by atoms with Crippen molar-refractivity contribution in [3.8, 4) is 0 Å². The van der Waals surface area contributed by atoms with Gasteiger partial charge in [0.05, 0.1) is 11.8 Å². The summed E-state index contributed by atoms with van der Waals surface area (Å²) in [6.45, 7) is 0.733. The Kier molecular flexibility index (Phi) is 6.62. The molecule has 0 spiro atoms. The van der Waals surface area contributed by atoms with Gasteiger partial charge in [-0.05, 0) is 43.9 Å². The SMILES string of the molecule is CN(C)C[C@H](NC(=O)CSc1ccc(F)cc1)c1ccccc1. The number of thioether (sulfide) groups is 1. The molecule has 2 aromatic carbocycles. The van der Waals surface area contributed by atoms with Gasteiger partial charge >= 0.3 is 0 Å². The van der Waals surface area contributed by atoms with Crippen molar-refractivity contribution in [3.05, 3.63) is 66.0 Å². The van der Waals surface area contributed by atoms with Crippen molar-refractivity contribution in [1.82, 2.24) is 10.2 Å². The third kappa shape index (κ3) is 6.04. The van der Waals surface area contributed by atoms with Gasteiger partial charge in [0.1, 0.15) is 5.82 Å². The van der Waals surface area contributed by atoms with Crippen molar-refractivity contribution in [2.75, 3.05) is 26.4 Å². The van der Waals surface area contributed by atoms with Crippen LogP contribution in [0.2, 0.25) is 0 Å². The van der Waals surface area contributed by atoms with E-state index in [1.165, 1.54) is 23.9 Å². The zero-order chi connectivity index (χ0) is 16.7. The Balaban J connectivity index is 1.93. The van der Waals surface area contributed by atoms with Gasteiger partial charge in [-0.15, -0.1) is 11.8 Å². The highest BCUT2D eigenvalue weighted by molar-refractivity contribution is 8.00. The topological polar surface area (TPSA) is 32.3 Å². The highest BCUT2D eigenvalue weighted by Crippen LogP contribution is 2.19. The maximum atomic E-state index is 12.9. The van der Waals surface area contributed by atoms with E-state index in [-0.39, 0.29) is 17.8 Å². The second-order valence-electron chi connectivity index (χ2n) is 5.54. The lowest BCUT2D eigenvalue weighted by Gasteiger charge is -2.22. The van der Waals surface area contributed by atoms with Crippen molar-refractivity contribution in [1.29, 1.82) is 0 Å². The summed E-state index contributed by atoms with van der Waals surface area (Å²) in [5.41, 5.74) is 1.08. The van der Waals surface area contributed by atoms with Crippen LogP contribution in [0.4, 0.5) is 4.39 Å². The molecule has 23 heavy (non-hydrogen) atoms. The molecular formula is C18H21FN2OS. The average molecular weight is 332 g/mol. The second-order valence-corrected chi connectivity index (χ2v) is 6.58. The number of carbonyl (C=O) groups is 1. The molecule has 0 saturated carbocycles. The lowest BCUT2D eigenvalue weighted by Crippen LogP contribution is -2.36. The van der Waals surface area contributed by atoms with Gasteiger partial charge in [0, 0.05) is 11.4 Å². The van der Waals surface area contributed by atoms with Crippen molar-refractivity contribution < 1.29 is 9.18 Å². The van der Waals surface area contributed by atoms with Crippen LogP contribution in [0, 0.1) is 5.82 Å². The minimum atomic E-state index is -0.270. The van der Waals surface area contributed by atoms with Crippen LogP contribution in [-0.4, -0.2) is 37.2 Å². The van der Waals surface area contributed by atoms with Gasteiger partial charge < -0.3 is 10.2 Å². The largest absolute Gasteiger partial charge is 0.347 e. The first-order chi connectivity index (χ1) is 11.0. The summed E-state index contributed by atoms with van der Waals surface area (Å²) < 4.78 is 12.9. The van der Waals surface area contributed by atoms with Gasteiger partial charge in [0.25, 0.3) is 0 Å². The number of hydrogen-bond donors (Lipinski definition) is 1. The van der Waals surface area contributed by atoms with Gasteiger partial charge in [-0.25, -0.2) is 4.39 Å². The van der Waals surface area contributed by atoms with Gasteiger partial charge in [-0.2, -0.15) is 0 Å². The van der Waals surface area contributed by atoms with E-state index in [0.717, 1.165) is 17.0 Å². The molecule has 2 aromatic rings. The summed E-state index contributed by atoms with van der Waals surface area (Å²) in [6, 6.07) is 16.1. The van der Waals surface area contributed by atoms with E-state index in [1.807, 2.05) is 49.3 Å². The molecule has 0 radical (unpaired) electrons. The molecule has 0 aliphatic heterocycles. The predicted octanol–water partition coefficient (Wildman–Crippen LogP) is 3.34. The van der Waals surface area contributed by atoms with E-state index in [0.29, 0.717) is 5.75 Å². The molecule has 0 saturated heterocycles. The molecule has 0 aliphatic rings. The molecule has 5 heteroatoms. The fourth-order valence-electron chi connectivity index (χ4n) is 2.20. The molecule has 0 unspecified atom stereocenters. The zero-order valence-corrected chi connectivity index (χ0v) is 14.1. The second kappa shape index (κ2) is 8.70. The molecule has 1 amide bonds. The monoisotopic (exact) mass is 332 g/mol. The Hall–Kier alpha value is -1.85. The Morgan fingerprint density at radius 3 is 2.39 bits per heavy atom. The lowest BCUT2D eigenvalue weighted by molar-refractivity contribution is -0.119. The highest BCUT2D eigenvalue weighted by Gasteiger charge is 2.15. The van der Waals surface area contributed by atoms with Crippen molar-refractivity contribution >= 4 is 17.7 Å². The zero-order valence-electron chi connectivity index (χ0n) is 13.3. The van der Waals surface area contributed by atoms with Gasteiger partial charge in [-0.1, -0.05) is 30.3 Å². The van der Waals surface area contributed by atoms with E-state index in [1.54, 1.807) is 12.1 Å². The first-order valence-electron chi connectivity index (χ1n) is 7.42. The maximum absolute atomic E-state index is 12.9. The molecule has 3 nitrogen and oxygen atoms in total. The van der Waals surface area contributed by atoms with Crippen LogP contribution in [0.25, 0.3) is 0 Å². The smallest absolute Gasteiger partial charge is 0.230 e. The van der Waals surface area contributed by atoms with Crippen LogP contribution in [-0.2, 0) is 4.79 Å². The summed E-state index contributed by atoms with van der Waals surface area (Å²) in [7, 11) is 3.96. The number of amides is 1. The minimum Gasteiger partial charge on any atom is -0.347 e. The number of nitrogens with one attached hydrogen (secondary N) is 1. The Bertz CT molecular complexity index is 617. The number of rotatable bonds is 7. The number of hydrogen-bond acceptors (Lipinski definition) is 3. The molecule has 1 atom stereocenters. The predicted molar refractivity (Wildman–Crippen MR) is 93.0 cm³/mol. The minimum absolute atomic E-state index is 0.0324.